The number of hydrogen-bond donors (Lipinski definition) is 3. The van der Waals surface area contributed by atoms with Gasteiger partial charge in [0.2, 0.25) is 11.8 Å². The third-order valence-corrected chi connectivity index (χ3v) is 5.65. The van der Waals surface area contributed by atoms with Crippen molar-refractivity contribution in [1.29, 1.82) is 0 Å². The van der Waals surface area contributed by atoms with Crippen molar-refractivity contribution < 1.29 is 14.0 Å². The molecule has 30 heavy (non-hydrogen) atoms. The summed E-state index contributed by atoms with van der Waals surface area (Å²) in [7, 11) is 0. The van der Waals surface area contributed by atoms with Crippen molar-refractivity contribution in [3.63, 3.8) is 0 Å². The molecule has 0 aliphatic carbocycles. The first-order chi connectivity index (χ1) is 14.5. The number of H-pyrrole nitrogens is 1. The van der Waals surface area contributed by atoms with Crippen LogP contribution in [0.5, 0.6) is 0 Å². The summed E-state index contributed by atoms with van der Waals surface area (Å²) in [6.07, 6.45) is 2.67. The van der Waals surface area contributed by atoms with Gasteiger partial charge >= 0.3 is 0 Å². The maximum atomic E-state index is 14.1. The first kappa shape index (κ1) is 16.8. The largest absolute Gasteiger partial charge is 0.340 e. The first-order valence-electron chi connectivity index (χ1n) is 9.15. The molecule has 1 atom stereocenters. The van der Waals surface area contributed by atoms with Gasteiger partial charge in [-0.3, -0.25) is 9.59 Å². The molecule has 2 aliphatic rings. The number of carbonyl (C=O) groups is 2. The summed E-state index contributed by atoms with van der Waals surface area (Å²) in [6.45, 7) is 1.74. The lowest BCUT2D eigenvalue weighted by Crippen LogP contribution is -2.44. The number of rotatable bonds is 1. The topological polar surface area (TPSA) is 130 Å². The van der Waals surface area contributed by atoms with Crippen molar-refractivity contribution >= 4 is 34.5 Å². The van der Waals surface area contributed by atoms with Crippen LogP contribution in [0.25, 0.3) is 17.0 Å². The number of aromatic amines is 1. The Balaban J connectivity index is 1.68. The molecule has 4 aromatic rings. The van der Waals surface area contributed by atoms with E-state index in [0.717, 1.165) is 0 Å². The van der Waals surface area contributed by atoms with Crippen LogP contribution in [-0.4, -0.2) is 41.5 Å². The number of aromatic nitrogens is 6. The zero-order valence-corrected chi connectivity index (χ0v) is 15.5. The Hall–Kier alpha value is -4.15. The van der Waals surface area contributed by atoms with Crippen LogP contribution in [0, 0.1) is 12.7 Å². The number of fused-ring (bicyclic) bond motifs is 5. The van der Waals surface area contributed by atoms with E-state index in [1.165, 1.54) is 35.5 Å². The van der Waals surface area contributed by atoms with E-state index in [4.69, 9.17) is 0 Å². The molecule has 3 aromatic heterocycles. The molecule has 148 valence electrons. The van der Waals surface area contributed by atoms with E-state index in [0.29, 0.717) is 45.3 Å². The van der Waals surface area contributed by atoms with Crippen molar-refractivity contribution in [2.75, 3.05) is 10.6 Å². The van der Waals surface area contributed by atoms with Crippen molar-refractivity contribution in [3.05, 3.63) is 53.5 Å². The summed E-state index contributed by atoms with van der Waals surface area (Å²) in [4.78, 5) is 41.4. The number of nitrogens with zero attached hydrogens (tertiary/aromatic N) is 5. The fourth-order valence-corrected chi connectivity index (χ4v) is 4.48. The van der Waals surface area contributed by atoms with E-state index in [9.17, 15) is 14.0 Å². The Morgan fingerprint density at radius 1 is 1.17 bits per heavy atom. The highest BCUT2D eigenvalue weighted by molar-refractivity contribution is 6.15. The van der Waals surface area contributed by atoms with Crippen LogP contribution in [0.1, 0.15) is 23.2 Å². The molecule has 6 rings (SSSR count). The maximum Gasteiger partial charge on any atom is 0.240 e. The first-order valence-corrected chi connectivity index (χ1v) is 9.15. The maximum absolute atomic E-state index is 14.1. The van der Waals surface area contributed by atoms with Crippen LogP contribution < -0.4 is 10.6 Å². The molecule has 2 amide bonds. The van der Waals surface area contributed by atoms with E-state index < -0.39 is 17.1 Å². The van der Waals surface area contributed by atoms with Gasteiger partial charge in [0.05, 0.1) is 12.0 Å². The van der Waals surface area contributed by atoms with Crippen molar-refractivity contribution in [2.45, 2.75) is 18.8 Å². The Morgan fingerprint density at radius 3 is 2.90 bits per heavy atom. The molecular formula is C19H13FN8O2. The fraction of sp³-hybridized carbons (Fsp3) is 0.158. The van der Waals surface area contributed by atoms with Gasteiger partial charge in [-0.15, -0.1) is 0 Å². The van der Waals surface area contributed by atoms with Crippen LogP contribution in [0.3, 0.4) is 0 Å². The van der Waals surface area contributed by atoms with Crippen LogP contribution in [0.2, 0.25) is 0 Å². The summed E-state index contributed by atoms with van der Waals surface area (Å²) < 4.78 is 15.6. The average Bonchev–Trinajstić information content (AvgIpc) is 3.39. The van der Waals surface area contributed by atoms with Crippen LogP contribution in [0.15, 0.2) is 30.9 Å². The van der Waals surface area contributed by atoms with Gasteiger partial charge in [0.15, 0.2) is 11.5 Å². The molecule has 10 nitrogen and oxygen atoms in total. The molecule has 0 fully saturated rings. The summed E-state index contributed by atoms with van der Waals surface area (Å²) in [5.74, 6) is -0.582. The van der Waals surface area contributed by atoms with Gasteiger partial charge in [0, 0.05) is 17.7 Å². The highest BCUT2D eigenvalue weighted by Gasteiger charge is 2.55. The molecule has 0 saturated heterocycles. The Bertz CT molecular complexity index is 1410. The predicted octanol–water partition coefficient (Wildman–Crippen LogP) is 1.57. The average molecular weight is 404 g/mol. The normalized spacial score (nSPS) is 19.7. The van der Waals surface area contributed by atoms with Crippen molar-refractivity contribution in [1.82, 2.24) is 29.7 Å². The fourth-order valence-electron chi connectivity index (χ4n) is 4.48. The second-order valence-corrected chi connectivity index (χ2v) is 7.29. The second kappa shape index (κ2) is 5.47. The highest BCUT2D eigenvalue weighted by Crippen LogP contribution is 2.51. The van der Waals surface area contributed by atoms with E-state index in [2.05, 4.69) is 35.7 Å². The molecule has 0 saturated carbocycles. The molecule has 3 N–H and O–H groups in total. The van der Waals surface area contributed by atoms with E-state index in [1.807, 2.05) is 0 Å². The van der Waals surface area contributed by atoms with Crippen LogP contribution in [-0.2, 0) is 15.0 Å². The Labute approximate surface area is 167 Å². The number of anilines is 2. The third-order valence-electron chi connectivity index (χ3n) is 5.65. The van der Waals surface area contributed by atoms with Gasteiger partial charge in [-0.1, -0.05) is 0 Å². The van der Waals surface area contributed by atoms with Gasteiger partial charge in [0.25, 0.3) is 0 Å². The third kappa shape index (κ3) is 1.95. The van der Waals surface area contributed by atoms with E-state index in [1.54, 1.807) is 6.92 Å². The van der Waals surface area contributed by atoms with Crippen LogP contribution in [0.4, 0.5) is 15.9 Å². The number of carbonyl (C=O) groups excluding carboxylic acids is 2. The SMILES string of the molecule is Cc1nn(-c2ncnc3nc[nH]c23)c2c1C1(CC(=O)N2)C(=O)Nc2ccc(F)cc21. The van der Waals surface area contributed by atoms with E-state index in [-0.39, 0.29) is 12.3 Å². The number of benzene rings is 1. The number of halogens is 1. The number of aryl methyl sites for hydroxylation is 1. The predicted molar refractivity (Wildman–Crippen MR) is 103 cm³/mol. The molecule has 1 unspecified atom stereocenters. The standard InChI is InChI=1S/C19H13FN8O2/c1-8-13-16(28(27-8)17-14-15(22-6-21-14)23-7-24-17)26-12(29)5-19(13)10-4-9(20)2-3-11(10)25-18(19)30/h2-4,6-7H,5H2,1H3,(H,25,30)(H,26,29)(H,21,22,23,24). The number of amides is 2. The Morgan fingerprint density at radius 2 is 2.03 bits per heavy atom. The van der Waals surface area contributed by atoms with Gasteiger partial charge in [-0.2, -0.15) is 9.78 Å². The summed E-state index contributed by atoms with van der Waals surface area (Å²) in [5, 5.41) is 10.2. The molecule has 0 radical (unpaired) electrons. The zero-order valence-electron chi connectivity index (χ0n) is 15.5. The molecule has 2 aliphatic heterocycles. The lowest BCUT2D eigenvalue weighted by molar-refractivity contribution is -0.125. The lowest BCUT2D eigenvalue weighted by atomic mass is 9.70. The van der Waals surface area contributed by atoms with Gasteiger partial charge in [-0.25, -0.2) is 19.3 Å². The van der Waals surface area contributed by atoms with Crippen LogP contribution >= 0.6 is 0 Å². The smallest absolute Gasteiger partial charge is 0.240 e. The van der Waals surface area contributed by atoms with E-state index >= 15 is 0 Å². The van der Waals surface area contributed by atoms with Crippen molar-refractivity contribution in [2.24, 2.45) is 0 Å². The summed E-state index contributed by atoms with van der Waals surface area (Å²) >= 11 is 0. The molecular weight excluding hydrogens is 391 g/mol. The summed E-state index contributed by atoms with van der Waals surface area (Å²) in [5.41, 5.74) is 1.51. The Kier molecular flexibility index (Phi) is 3.06. The number of hydrogen-bond acceptors (Lipinski definition) is 6. The molecule has 1 aromatic carbocycles. The van der Waals surface area contributed by atoms with Gasteiger partial charge < -0.3 is 15.6 Å². The van der Waals surface area contributed by atoms with Gasteiger partial charge in [0.1, 0.15) is 28.9 Å². The molecule has 0 bridgehead atoms. The molecule has 1 spiro atoms. The minimum absolute atomic E-state index is 0.155. The monoisotopic (exact) mass is 404 g/mol. The summed E-state index contributed by atoms with van der Waals surface area (Å²) in [6, 6.07) is 4.07. The minimum Gasteiger partial charge on any atom is -0.340 e. The second-order valence-electron chi connectivity index (χ2n) is 7.29. The minimum atomic E-state index is -1.38. The highest BCUT2D eigenvalue weighted by atomic mass is 19.1. The number of imidazole rings is 1. The lowest BCUT2D eigenvalue weighted by Gasteiger charge is -2.32. The molecule has 11 heteroatoms. The van der Waals surface area contributed by atoms with Gasteiger partial charge in [-0.05, 0) is 30.7 Å². The quantitative estimate of drug-likeness (QED) is 0.441. The van der Waals surface area contributed by atoms with Crippen molar-refractivity contribution in [3.8, 4) is 5.82 Å². The zero-order chi connectivity index (χ0) is 20.6. The number of nitrogens with one attached hydrogen (secondary N) is 3. The molecule has 5 heterocycles.